The molecule has 0 bridgehead atoms. The summed E-state index contributed by atoms with van der Waals surface area (Å²) in [4.78, 5) is 16.2. The van der Waals surface area contributed by atoms with E-state index in [1.54, 1.807) is 11.7 Å². The molecule has 1 aromatic heterocycles. The van der Waals surface area contributed by atoms with Crippen LogP contribution < -0.4 is 11.1 Å². The maximum absolute atomic E-state index is 11.3. The van der Waals surface area contributed by atoms with E-state index < -0.39 is 0 Å². The molecule has 15 heavy (non-hydrogen) atoms. The Bertz CT molecular complexity index is 319. The number of nitrogens with one attached hydrogen (secondary N) is 1. The Hall–Kier alpha value is -0.940. The van der Waals surface area contributed by atoms with Crippen molar-refractivity contribution in [3.05, 3.63) is 16.6 Å². The molecule has 1 aliphatic rings. The second-order valence-corrected chi connectivity index (χ2v) is 4.81. The van der Waals surface area contributed by atoms with Crippen molar-refractivity contribution in [1.82, 2.24) is 10.3 Å². The number of amides is 1. The summed E-state index contributed by atoms with van der Waals surface area (Å²) < 4.78 is 0. The second kappa shape index (κ2) is 4.72. The number of primary amides is 1. The number of hydrogen-bond acceptors (Lipinski definition) is 4. The summed E-state index contributed by atoms with van der Waals surface area (Å²) in [6.45, 7) is 0. The molecule has 1 fully saturated rings. The van der Waals surface area contributed by atoms with Crippen molar-refractivity contribution in [3.8, 4) is 0 Å². The lowest BCUT2D eigenvalue weighted by Crippen LogP contribution is -2.38. The molecule has 5 heteroatoms. The van der Waals surface area contributed by atoms with Gasteiger partial charge in [0.2, 0.25) is 5.91 Å². The second-order valence-electron chi connectivity index (χ2n) is 3.89. The fourth-order valence-corrected chi connectivity index (χ4v) is 2.69. The summed E-state index contributed by atoms with van der Waals surface area (Å²) in [7, 11) is 0. The van der Waals surface area contributed by atoms with Gasteiger partial charge in [0.05, 0.1) is 10.4 Å². The van der Waals surface area contributed by atoms with E-state index >= 15 is 0 Å². The van der Waals surface area contributed by atoms with Crippen molar-refractivity contribution in [2.75, 3.05) is 0 Å². The molecule has 1 aromatic rings. The van der Waals surface area contributed by atoms with E-state index in [1.165, 1.54) is 24.2 Å². The summed E-state index contributed by atoms with van der Waals surface area (Å²) in [5.41, 5.74) is 7.11. The van der Waals surface area contributed by atoms with Crippen molar-refractivity contribution < 1.29 is 4.79 Å². The van der Waals surface area contributed by atoms with Gasteiger partial charge < -0.3 is 5.73 Å². The molecule has 0 aromatic carbocycles. The highest BCUT2D eigenvalue weighted by Crippen LogP contribution is 2.23. The minimum absolute atomic E-state index is 0.314. The van der Waals surface area contributed by atoms with Gasteiger partial charge in [-0.25, -0.2) is 0 Å². The van der Waals surface area contributed by atoms with E-state index in [1.807, 2.05) is 0 Å². The number of carbonyl (C=O) groups excluding carboxylic acids is 1. The number of hydrogen-bond donors (Lipinski definition) is 2. The van der Waals surface area contributed by atoms with E-state index in [0.29, 0.717) is 6.04 Å². The highest BCUT2D eigenvalue weighted by molar-refractivity contribution is 7.09. The van der Waals surface area contributed by atoms with Gasteiger partial charge in [0.1, 0.15) is 6.04 Å². The van der Waals surface area contributed by atoms with Crippen LogP contribution in [0.25, 0.3) is 0 Å². The van der Waals surface area contributed by atoms with Crippen LogP contribution in [0.4, 0.5) is 0 Å². The standard InChI is InChI=1S/C10H15N3OS/c11-10(14)9(8-5-12-6-15-8)13-7-3-1-2-4-7/h5-7,9,13H,1-4H2,(H2,11,14). The van der Waals surface area contributed by atoms with Crippen LogP contribution >= 0.6 is 11.3 Å². The Balaban J connectivity index is 2.03. The fourth-order valence-electron chi connectivity index (χ4n) is 2.00. The van der Waals surface area contributed by atoms with Gasteiger partial charge in [-0.1, -0.05) is 12.8 Å². The lowest BCUT2D eigenvalue weighted by atomic mass is 10.2. The van der Waals surface area contributed by atoms with Crippen LogP contribution in [-0.4, -0.2) is 16.9 Å². The topological polar surface area (TPSA) is 68.0 Å². The highest BCUT2D eigenvalue weighted by atomic mass is 32.1. The van der Waals surface area contributed by atoms with E-state index in [4.69, 9.17) is 5.73 Å². The van der Waals surface area contributed by atoms with E-state index in [0.717, 1.165) is 17.7 Å². The van der Waals surface area contributed by atoms with Gasteiger partial charge in [-0.2, -0.15) is 0 Å². The van der Waals surface area contributed by atoms with Crippen LogP contribution in [0.1, 0.15) is 36.6 Å². The third-order valence-electron chi connectivity index (χ3n) is 2.78. The number of nitrogens with two attached hydrogens (primary N) is 1. The first-order valence-electron chi connectivity index (χ1n) is 5.21. The molecule has 3 N–H and O–H groups in total. The molecule has 0 radical (unpaired) electrons. The molecule has 1 saturated carbocycles. The molecular weight excluding hydrogens is 210 g/mol. The van der Waals surface area contributed by atoms with E-state index in [2.05, 4.69) is 10.3 Å². The zero-order valence-electron chi connectivity index (χ0n) is 8.48. The van der Waals surface area contributed by atoms with E-state index in [-0.39, 0.29) is 11.9 Å². The Morgan fingerprint density at radius 2 is 2.33 bits per heavy atom. The largest absolute Gasteiger partial charge is 0.368 e. The molecule has 1 unspecified atom stereocenters. The molecule has 1 aliphatic carbocycles. The predicted octanol–water partition coefficient (Wildman–Crippen LogP) is 1.20. The minimum atomic E-state index is -0.361. The van der Waals surface area contributed by atoms with Crippen LogP contribution in [0.5, 0.6) is 0 Å². The van der Waals surface area contributed by atoms with Crippen molar-refractivity contribution in [2.24, 2.45) is 5.73 Å². The maximum Gasteiger partial charge on any atom is 0.240 e. The van der Waals surface area contributed by atoms with Gasteiger partial charge in [0.15, 0.2) is 0 Å². The SMILES string of the molecule is NC(=O)C(NC1CCCC1)c1cncs1. The minimum Gasteiger partial charge on any atom is -0.368 e. The van der Waals surface area contributed by atoms with E-state index in [9.17, 15) is 4.79 Å². The van der Waals surface area contributed by atoms with Crippen LogP contribution in [0.15, 0.2) is 11.7 Å². The van der Waals surface area contributed by atoms with Crippen molar-refractivity contribution in [2.45, 2.75) is 37.8 Å². The molecular formula is C10H15N3OS. The van der Waals surface area contributed by atoms with Crippen LogP contribution in [0.3, 0.4) is 0 Å². The third kappa shape index (κ3) is 2.54. The Kier molecular flexibility index (Phi) is 3.33. The monoisotopic (exact) mass is 225 g/mol. The number of aromatic nitrogens is 1. The fraction of sp³-hybridized carbons (Fsp3) is 0.600. The summed E-state index contributed by atoms with van der Waals surface area (Å²) in [5, 5.41) is 3.31. The molecule has 82 valence electrons. The molecule has 0 aliphatic heterocycles. The normalized spacial score (nSPS) is 19.2. The average Bonchev–Trinajstić information content (AvgIpc) is 2.87. The first-order chi connectivity index (χ1) is 7.27. The maximum atomic E-state index is 11.3. The lowest BCUT2D eigenvalue weighted by Gasteiger charge is -2.18. The molecule has 4 nitrogen and oxygen atoms in total. The number of rotatable bonds is 4. The summed E-state index contributed by atoms with van der Waals surface area (Å²) in [6.07, 6.45) is 6.48. The highest BCUT2D eigenvalue weighted by Gasteiger charge is 2.24. The number of carbonyl (C=O) groups is 1. The Morgan fingerprint density at radius 3 is 2.87 bits per heavy atom. The quantitative estimate of drug-likeness (QED) is 0.809. The number of thiazole rings is 1. The zero-order chi connectivity index (χ0) is 10.7. The van der Waals surface area contributed by atoms with Gasteiger partial charge in [-0.05, 0) is 12.8 Å². The third-order valence-corrected chi connectivity index (χ3v) is 3.62. The van der Waals surface area contributed by atoms with Crippen LogP contribution in [-0.2, 0) is 4.79 Å². The van der Waals surface area contributed by atoms with Crippen LogP contribution in [0, 0.1) is 0 Å². The average molecular weight is 225 g/mol. The van der Waals surface area contributed by atoms with Crippen molar-refractivity contribution in [3.63, 3.8) is 0 Å². The van der Waals surface area contributed by atoms with Gasteiger partial charge in [0, 0.05) is 12.2 Å². The molecule has 1 atom stereocenters. The smallest absolute Gasteiger partial charge is 0.240 e. The molecule has 1 amide bonds. The Labute approximate surface area is 92.9 Å². The molecule has 1 heterocycles. The van der Waals surface area contributed by atoms with Crippen LogP contribution in [0.2, 0.25) is 0 Å². The molecule has 2 rings (SSSR count). The number of nitrogens with zero attached hydrogens (tertiary/aromatic N) is 1. The van der Waals surface area contributed by atoms with Gasteiger partial charge in [-0.3, -0.25) is 15.1 Å². The summed E-state index contributed by atoms with van der Waals surface area (Å²) >= 11 is 1.47. The van der Waals surface area contributed by atoms with Crippen molar-refractivity contribution in [1.29, 1.82) is 0 Å². The predicted molar refractivity (Wildman–Crippen MR) is 59.4 cm³/mol. The van der Waals surface area contributed by atoms with Gasteiger partial charge >= 0.3 is 0 Å². The van der Waals surface area contributed by atoms with Gasteiger partial charge in [0.25, 0.3) is 0 Å². The zero-order valence-corrected chi connectivity index (χ0v) is 9.30. The first kappa shape index (κ1) is 10.6. The first-order valence-corrected chi connectivity index (χ1v) is 6.09. The Morgan fingerprint density at radius 1 is 1.60 bits per heavy atom. The molecule has 0 spiro atoms. The van der Waals surface area contributed by atoms with Crippen molar-refractivity contribution >= 4 is 17.2 Å². The lowest BCUT2D eigenvalue weighted by molar-refractivity contribution is -0.120. The molecule has 0 saturated heterocycles. The summed E-state index contributed by atoms with van der Waals surface area (Å²) in [6, 6.07) is 0.0743. The van der Waals surface area contributed by atoms with Gasteiger partial charge in [-0.15, -0.1) is 11.3 Å². The summed E-state index contributed by atoms with van der Waals surface area (Å²) in [5.74, 6) is -0.314.